The zero-order valence-electron chi connectivity index (χ0n) is 16.1. The van der Waals surface area contributed by atoms with Crippen LogP contribution >= 0.6 is 0 Å². The van der Waals surface area contributed by atoms with Gasteiger partial charge in [0.2, 0.25) is 5.91 Å². The molecular formula is C21H27N3O4. The van der Waals surface area contributed by atoms with Crippen LogP contribution in [0.5, 0.6) is 0 Å². The summed E-state index contributed by atoms with van der Waals surface area (Å²) in [7, 11) is 0. The second-order valence-electron chi connectivity index (χ2n) is 7.09. The lowest BCUT2D eigenvalue weighted by Crippen LogP contribution is -2.41. The summed E-state index contributed by atoms with van der Waals surface area (Å²) in [6.07, 6.45) is 4.87. The number of rotatable bonds is 9. The van der Waals surface area contributed by atoms with Crippen LogP contribution in [0.1, 0.15) is 43.7 Å². The molecule has 28 heavy (non-hydrogen) atoms. The summed E-state index contributed by atoms with van der Waals surface area (Å²) in [5, 5.41) is 12.1. The van der Waals surface area contributed by atoms with Gasteiger partial charge in [-0.25, -0.2) is 4.98 Å². The summed E-state index contributed by atoms with van der Waals surface area (Å²) in [4.78, 5) is 28.4. The van der Waals surface area contributed by atoms with E-state index >= 15 is 0 Å². The lowest BCUT2D eigenvalue weighted by atomic mass is 9.97. The summed E-state index contributed by atoms with van der Waals surface area (Å²) in [5.41, 5.74) is 1.07. The number of imidazole rings is 1. The molecular weight excluding hydrogens is 358 g/mol. The third kappa shape index (κ3) is 4.98. The second kappa shape index (κ2) is 9.50. The van der Waals surface area contributed by atoms with Crippen LogP contribution in [0, 0.1) is 5.92 Å². The molecule has 1 amide bonds. The van der Waals surface area contributed by atoms with Gasteiger partial charge < -0.3 is 19.7 Å². The van der Waals surface area contributed by atoms with Crippen molar-refractivity contribution in [3.8, 4) is 0 Å². The van der Waals surface area contributed by atoms with E-state index in [1.54, 1.807) is 6.20 Å². The van der Waals surface area contributed by atoms with Crippen LogP contribution in [0.3, 0.4) is 0 Å². The molecule has 7 heteroatoms. The maximum atomic E-state index is 13.0. The number of carboxylic acid groups (broad SMARTS) is 1. The Labute approximate surface area is 164 Å². The van der Waals surface area contributed by atoms with Crippen molar-refractivity contribution in [2.24, 2.45) is 5.92 Å². The Morgan fingerprint density at radius 2 is 2.14 bits per heavy atom. The molecule has 3 atom stereocenters. The van der Waals surface area contributed by atoms with E-state index in [1.165, 1.54) is 0 Å². The number of hydrogen-bond acceptors (Lipinski definition) is 4. The molecule has 3 rings (SSSR count). The highest BCUT2D eigenvalue weighted by Gasteiger charge is 2.38. The number of nitrogens with zero attached hydrogens (tertiary/aromatic N) is 2. The summed E-state index contributed by atoms with van der Waals surface area (Å²) < 4.78 is 7.82. The van der Waals surface area contributed by atoms with Gasteiger partial charge in [0, 0.05) is 38.0 Å². The minimum atomic E-state index is -0.862. The average Bonchev–Trinajstić information content (AvgIpc) is 3.35. The Bertz CT molecular complexity index is 790. The number of hydrogen-bond donors (Lipinski definition) is 2. The summed E-state index contributed by atoms with van der Waals surface area (Å²) in [5.74, 6) is -0.514. The van der Waals surface area contributed by atoms with E-state index in [-0.39, 0.29) is 30.4 Å². The molecule has 1 fully saturated rings. The Morgan fingerprint density at radius 3 is 2.86 bits per heavy atom. The lowest BCUT2D eigenvalue weighted by Gasteiger charge is -2.23. The number of aliphatic carboxylic acids is 1. The van der Waals surface area contributed by atoms with Crippen LogP contribution < -0.4 is 5.32 Å². The van der Waals surface area contributed by atoms with E-state index < -0.39 is 5.97 Å². The number of aromatic nitrogens is 2. The molecule has 1 aromatic heterocycles. The standard InChI is InChI=1S/C21H27N3O4/c1-2-24-12-11-22-20(24)19-17(10-13-28-19)21(27)23-16(8-9-18(25)26)14-15-6-4-3-5-7-15/h3-7,11-12,16-17,19H,2,8-10,13-14H2,1H3,(H,23,27)(H,25,26)/t16?,17-,19-/m1/s1. The average molecular weight is 385 g/mol. The second-order valence-corrected chi connectivity index (χ2v) is 7.09. The molecule has 1 aliphatic rings. The fourth-order valence-electron chi connectivity index (χ4n) is 3.69. The fraction of sp³-hybridized carbons (Fsp3) is 0.476. The SMILES string of the molecule is CCn1ccnc1[C@@H]1OCC[C@H]1C(=O)NC(CCC(=O)O)Cc1ccccc1. The Kier molecular flexibility index (Phi) is 6.81. The van der Waals surface area contributed by atoms with Gasteiger partial charge in [0.05, 0.1) is 5.92 Å². The molecule has 1 unspecified atom stereocenters. The predicted molar refractivity (Wildman–Crippen MR) is 104 cm³/mol. The molecule has 2 heterocycles. The maximum Gasteiger partial charge on any atom is 0.303 e. The van der Waals surface area contributed by atoms with E-state index in [0.717, 1.165) is 17.9 Å². The first-order chi connectivity index (χ1) is 13.6. The number of carbonyl (C=O) groups excluding carboxylic acids is 1. The van der Waals surface area contributed by atoms with Gasteiger partial charge in [0.15, 0.2) is 0 Å². The van der Waals surface area contributed by atoms with Crippen molar-refractivity contribution in [3.05, 3.63) is 54.1 Å². The van der Waals surface area contributed by atoms with Crippen molar-refractivity contribution < 1.29 is 19.4 Å². The van der Waals surface area contributed by atoms with Gasteiger partial charge >= 0.3 is 5.97 Å². The third-order valence-corrected chi connectivity index (χ3v) is 5.15. The van der Waals surface area contributed by atoms with Crippen LogP contribution in [0.2, 0.25) is 0 Å². The molecule has 0 aliphatic carbocycles. The summed E-state index contributed by atoms with van der Waals surface area (Å²) in [6, 6.07) is 9.55. The van der Waals surface area contributed by atoms with E-state index in [4.69, 9.17) is 9.84 Å². The van der Waals surface area contributed by atoms with Crippen molar-refractivity contribution in [1.29, 1.82) is 0 Å². The van der Waals surface area contributed by atoms with E-state index in [9.17, 15) is 9.59 Å². The summed E-state index contributed by atoms with van der Waals surface area (Å²) >= 11 is 0. The van der Waals surface area contributed by atoms with Crippen LogP contribution in [0.4, 0.5) is 0 Å². The van der Waals surface area contributed by atoms with Crippen LogP contribution in [0.15, 0.2) is 42.7 Å². The van der Waals surface area contributed by atoms with Crippen LogP contribution in [0.25, 0.3) is 0 Å². The van der Waals surface area contributed by atoms with E-state index in [2.05, 4.69) is 10.3 Å². The number of amides is 1. The normalized spacial score (nSPS) is 20.0. The molecule has 1 aliphatic heterocycles. The quantitative estimate of drug-likeness (QED) is 0.692. The molecule has 2 N–H and O–H groups in total. The van der Waals surface area contributed by atoms with E-state index in [1.807, 2.05) is 48.0 Å². The fourth-order valence-corrected chi connectivity index (χ4v) is 3.69. The smallest absolute Gasteiger partial charge is 0.303 e. The largest absolute Gasteiger partial charge is 0.481 e. The van der Waals surface area contributed by atoms with Crippen LogP contribution in [-0.2, 0) is 27.3 Å². The first kappa shape index (κ1) is 20.1. The monoisotopic (exact) mass is 385 g/mol. The van der Waals surface area contributed by atoms with Gasteiger partial charge in [-0.05, 0) is 31.7 Å². The first-order valence-corrected chi connectivity index (χ1v) is 9.77. The highest BCUT2D eigenvalue weighted by molar-refractivity contribution is 5.80. The molecule has 2 aromatic rings. The van der Waals surface area contributed by atoms with Crippen molar-refractivity contribution in [2.45, 2.75) is 51.3 Å². The minimum Gasteiger partial charge on any atom is -0.481 e. The van der Waals surface area contributed by atoms with Crippen molar-refractivity contribution >= 4 is 11.9 Å². The molecule has 0 bridgehead atoms. The van der Waals surface area contributed by atoms with Crippen molar-refractivity contribution in [2.75, 3.05) is 6.61 Å². The first-order valence-electron chi connectivity index (χ1n) is 9.77. The Hall–Kier alpha value is -2.67. The number of aryl methyl sites for hydroxylation is 1. The van der Waals surface area contributed by atoms with Gasteiger partial charge in [-0.1, -0.05) is 30.3 Å². The highest BCUT2D eigenvalue weighted by Crippen LogP contribution is 2.34. The number of ether oxygens (including phenoxy) is 1. The molecule has 0 saturated carbocycles. The molecule has 150 valence electrons. The number of nitrogens with one attached hydrogen (secondary N) is 1. The number of benzene rings is 1. The maximum absolute atomic E-state index is 13.0. The summed E-state index contributed by atoms with van der Waals surface area (Å²) in [6.45, 7) is 3.30. The molecule has 7 nitrogen and oxygen atoms in total. The Balaban J connectivity index is 1.70. The van der Waals surface area contributed by atoms with Gasteiger partial charge in [0.1, 0.15) is 11.9 Å². The Morgan fingerprint density at radius 1 is 1.36 bits per heavy atom. The zero-order chi connectivity index (χ0) is 19.9. The van der Waals surface area contributed by atoms with Crippen LogP contribution in [-0.4, -0.2) is 39.2 Å². The van der Waals surface area contributed by atoms with Gasteiger partial charge in [0.25, 0.3) is 0 Å². The number of carboxylic acids is 1. The predicted octanol–water partition coefficient (Wildman–Crippen LogP) is 2.57. The van der Waals surface area contributed by atoms with Gasteiger partial charge in [-0.2, -0.15) is 0 Å². The molecule has 1 saturated heterocycles. The third-order valence-electron chi connectivity index (χ3n) is 5.15. The molecule has 0 spiro atoms. The number of carbonyl (C=O) groups is 2. The van der Waals surface area contributed by atoms with Crippen molar-refractivity contribution in [3.63, 3.8) is 0 Å². The highest BCUT2D eigenvalue weighted by atomic mass is 16.5. The minimum absolute atomic E-state index is 0.0165. The molecule has 0 radical (unpaired) electrons. The van der Waals surface area contributed by atoms with Gasteiger partial charge in [-0.3, -0.25) is 9.59 Å². The van der Waals surface area contributed by atoms with Gasteiger partial charge in [-0.15, -0.1) is 0 Å². The topological polar surface area (TPSA) is 93.5 Å². The van der Waals surface area contributed by atoms with Crippen molar-refractivity contribution in [1.82, 2.24) is 14.9 Å². The molecule has 1 aromatic carbocycles. The lowest BCUT2D eigenvalue weighted by molar-refractivity contribution is -0.137. The zero-order valence-corrected chi connectivity index (χ0v) is 16.1. The van der Waals surface area contributed by atoms with E-state index in [0.29, 0.717) is 25.9 Å².